The Hall–Kier alpha value is -0.160. The van der Waals surface area contributed by atoms with E-state index in [9.17, 15) is 5.11 Å². The molecule has 0 aliphatic heterocycles. The smallest absolute Gasteiger partial charge is 0.106 e. The van der Waals surface area contributed by atoms with Crippen molar-refractivity contribution in [2.45, 2.75) is 26.5 Å². The topological polar surface area (TPSA) is 38.7 Å². The van der Waals surface area contributed by atoms with E-state index < -0.39 is 0 Å². The fourth-order valence-corrected chi connectivity index (χ4v) is 1.41. The van der Waals surface area contributed by atoms with Crippen molar-refractivity contribution in [2.75, 3.05) is 46.8 Å². The third-order valence-electron chi connectivity index (χ3n) is 2.55. The van der Waals surface area contributed by atoms with Gasteiger partial charge in [-0.15, -0.1) is 0 Å². The van der Waals surface area contributed by atoms with Crippen molar-refractivity contribution in [3.05, 3.63) is 0 Å². The lowest BCUT2D eigenvalue weighted by atomic mass is 10.3. The second kappa shape index (κ2) is 9.09. The zero-order chi connectivity index (χ0) is 11.7. The lowest BCUT2D eigenvalue weighted by molar-refractivity contribution is 0.113. The fraction of sp³-hybridized carbons (Fsp3) is 1.00. The molecule has 1 unspecified atom stereocenters. The van der Waals surface area contributed by atoms with Gasteiger partial charge in [-0.1, -0.05) is 13.8 Å². The van der Waals surface area contributed by atoms with Gasteiger partial charge in [-0.25, -0.2) is 0 Å². The van der Waals surface area contributed by atoms with Gasteiger partial charge in [0.2, 0.25) is 0 Å². The lowest BCUT2D eigenvalue weighted by Crippen LogP contribution is -2.38. The number of hydrogen-bond acceptors (Lipinski definition) is 4. The molecule has 4 nitrogen and oxygen atoms in total. The largest absolute Gasteiger partial charge is 0.379 e. The molecule has 0 aromatic heterocycles. The predicted molar refractivity (Wildman–Crippen MR) is 65.0 cm³/mol. The summed E-state index contributed by atoms with van der Waals surface area (Å²) in [4.78, 5) is 4.42. The van der Waals surface area contributed by atoms with E-state index in [0.717, 1.165) is 39.1 Å². The molecule has 15 heavy (non-hydrogen) atoms. The van der Waals surface area contributed by atoms with Crippen LogP contribution in [0.4, 0.5) is 0 Å². The summed E-state index contributed by atoms with van der Waals surface area (Å²) in [5.74, 6) is 0. The Morgan fingerprint density at radius 1 is 1.13 bits per heavy atom. The Labute approximate surface area is 94.3 Å². The summed E-state index contributed by atoms with van der Waals surface area (Å²) >= 11 is 0. The molecule has 0 bridgehead atoms. The summed E-state index contributed by atoms with van der Waals surface area (Å²) in [6.45, 7) is 9.25. The minimum Gasteiger partial charge on any atom is -0.379 e. The molecule has 0 rings (SSSR count). The van der Waals surface area contributed by atoms with Gasteiger partial charge in [-0.05, 0) is 33.6 Å². The summed E-state index contributed by atoms with van der Waals surface area (Å²) in [6.07, 6.45) is 0.411. The van der Waals surface area contributed by atoms with Crippen molar-refractivity contribution in [3.8, 4) is 0 Å². The molecule has 2 N–H and O–H groups in total. The van der Waals surface area contributed by atoms with E-state index in [1.54, 1.807) is 0 Å². The molecule has 0 fully saturated rings. The summed E-state index contributed by atoms with van der Waals surface area (Å²) in [5, 5.41) is 12.7. The third kappa shape index (κ3) is 8.81. The van der Waals surface area contributed by atoms with Crippen molar-refractivity contribution in [1.82, 2.24) is 15.1 Å². The van der Waals surface area contributed by atoms with Crippen molar-refractivity contribution in [2.24, 2.45) is 0 Å². The first-order valence-electron chi connectivity index (χ1n) is 5.88. The highest BCUT2D eigenvalue weighted by molar-refractivity contribution is 4.59. The minimum absolute atomic E-state index is 0.372. The van der Waals surface area contributed by atoms with Crippen LogP contribution in [-0.4, -0.2) is 68.0 Å². The molecule has 0 aliphatic rings. The maximum absolute atomic E-state index is 9.60. The van der Waals surface area contributed by atoms with Crippen molar-refractivity contribution >= 4 is 0 Å². The fourth-order valence-electron chi connectivity index (χ4n) is 1.41. The number of likely N-dealkylation sites (N-methyl/N-ethyl adjacent to an activating group) is 1. The van der Waals surface area contributed by atoms with E-state index in [-0.39, 0.29) is 6.23 Å². The molecule has 1 atom stereocenters. The Balaban J connectivity index is 3.41. The minimum atomic E-state index is -0.372. The van der Waals surface area contributed by atoms with E-state index in [1.165, 1.54) is 0 Å². The Morgan fingerprint density at radius 2 is 1.73 bits per heavy atom. The highest BCUT2D eigenvalue weighted by Gasteiger charge is 2.04. The highest BCUT2D eigenvalue weighted by Crippen LogP contribution is 1.90. The van der Waals surface area contributed by atoms with E-state index in [1.807, 2.05) is 14.1 Å². The van der Waals surface area contributed by atoms with Gasteiger partial charge in [0.25, 0.3) is 0 Å². The first-order chi connectivity index (χ1) is 7.10. The van der Waals surface area contributed by atoms with Gasteiger partial charge in [-0.2, -0.15) is 0 Å². The van der Waals surface area contributed by atoms with E-state index in [4.69, 9.17) is 0 Å². The Morgan fingerprint density at radius 3 is 2.20 bits per heavy atom. The number of hydrogen-bond donors (Lipinski definition) is 2. The van der Waals surface area contributed by atoms with Crippen LogP contribution in [0.2, 0.25) is 0 Å². The molecule has 92 valence electrons. The molecular formula is C11H27N3O. The predicted octanol–water partition coefficient (Wildman–Crippen LogP) is 0.188. The van der Waals surface area contributed by atoms with E-state index >= 15 is 0 Å². The summed E-state index contributed by atoms with van der Waals surface area (Å²) in [7, 11) is 4.03. The summed E-state index contributed by atoms with van der Waals surface area (Å²) in [6, 6.07) is 0. The second-order valence-electron chi connectivity index (χ2n) is 4.09. The van der Waals surface area contributed by atoms with Crippen LogP contribution in [0.15, 0.2) is 0 Å². The summed E-state index contributed by atoms with van der Waals surface area (Å²) in [5.41, 5.74) is 0. The van der Waals surface area contributed by atoms with E-state index in [0.29, 0.717) is 0 Å². The molecule has 4 heteroatoms. The SMILES string of the molecule is CCN(CC)CCNC(O)CCN(C)C. The second-order valence-corrected chi connectivity index (χ2v) is 4.09. The van der Waals surface area contributed by atoms with Crippen LogP contribution in [0.1, 0.15) is 20.3 Å². The summed E-state index contributed by atoms with van der Waals surface area (Å²) < 4.78 is 0. The van der Waals surface area contributed by atoms with Crippen molar-refractivity contribution < 1.29 is 5.11 Å². The van der Waals surface area contributed by atoms with Gasteiger partial charge in [0.15, 0.2) is 0 Å². The van der Waals surface area contributed by atoms with Gasteiger partial charge in [0.05, 0.1) is 0 Å². The number of nitrogens with one attached hydrogen (secondary N) is 1. The quantitative estimate of drug-likeness (QED) is 0.541. The Kier molecular flexibility index (Phi) is 9.00. The van der Waals surface area contributed by atoms with Crippen LogP contribution in [0.5, 0.6) is 0 Å². The van der Waals surface area contributed by atoms with Crippen LogP contribution in [0.25, 0.3) is 0 Å². The molecule has 0 spiro atoms. The van der Waals surface area contributed by atoms with Gasteiger partial charge in [0.1, 0.15) is 6.23 Å². The first kappa shape index (κ1) is 14.8. The van der Waals surface area contributed by atoms with Gasteiger partial charge >= 0.3 is 0 Å². The maximum Gasteiger partial charge on any atom is 0.106 e. The van der Waals surface area contributed by atoms with Crippen LogP contribution in [0, 0.1) is 0 Å². The molecule has 0 radical (unpaired) electrons. The van der Waals surface area contributed by atoms with Crippen molar-refractivity contribution in [1.29, 1.82) is 0 Å². The maximum atomic E-state index is 9.60. The number of nitrogens with zero attached hydrogens (tertiary/aromatic N) is 2. The number of rotatable bonds is 9. The third-order valence-corrected chi connectivity index (χ3v) is 2.55. The van der Waals surface area contributed by atoms with Crippen molar-refractivity contribution in [3.63, 3.8) is 0 Å². The molecule has 0 aromatic rings. The lowest BCUT2D eigenvalue weighted by Gasteiger charge is -2.20. The Bertz CT molecular complexity index is 138. The normalized spacial score (nSPS) is 13.8. The molecule has 0 saturated carbocycles. The standard InChI is InChI=1S/C11H27N3O/c1-5-14(6-2)10-8-12-11(15)7-9-13(3)4/h11-12,15H,5-10H2,1-4H3. The number of aliphatic hydroxyl groups is 1. The van der Waals surface area contributed by atoms with Gasteiger partial charge < -0.3 is 14.9 Å². The van der Waals surface area contributed by atoms with Crippen LogP contribution >= 0.6 is 0 Å². The van der Waals surface area contributed by atoms with Crippen LogP contribution < -0.4 is 5.32 Å². The molecule has 0 aliphatic carbocycles. The first-order valence-corrected chi connectivity index (χ1v) is 5.88. The van der Waals surface area contributed by atoms with E-state index in [2.05, 4.69) is 29.0 Å². The highest BCUT2D eigenvalue weighted by atomic mass is 16.3. The molecule has 0 heterocycles. The molecule has 0 amide bonds. The average molecular weight is 217 g/mol. The molecule has 0 saturated heterocycles. The monoisotopic (exact) mass is 217 g/mol. The number of aliphatic hydroxyl groups excluding tert-OH is 1. The molecular weight excluding hydrogens is 190 g/mol. The van der Waals surface area contributed by atoms with Gasteiger partial charge in [0, 0.05) is 19.6 Å². The zero-order valence-corrected chi connectivity index (χ0v) is 10.7. The average Bonchev–Trinajstić information content (AvgIpc) is 2.21. The van der Waals surface area contributed by atoms with Gasteiger partial charge in [-0.3, -0.25) is 5.32 Å². The zero-order valence-electron chi connectivity index (χ0n) is 10.7. The van der Waals surface area contributed by atoms with Crippen LogP contribution in [-0.2, 0) is 0 Å². The van der Waals surface area contributed by atoms with Crippen LogP contribution in [0.3, 0.4) is 0 Å². The molecule has 0 aromatic carbocycles.